The van der Waals surface area contributed by atoms with E-state index in [1.807, 2.05) is 0 Å². The third-order valence-corrected chi connectivity index (χ3v) is 7.87. The van der Waals surface area contributed by atoms with E-state index in [1.165, 1.54) is 42.5 Å². The van der Waals surface area contributed by atoms with Gasteiger partial charge >= 0.3 is 0 Å². The zero-order valence-electron chi connectivity index (χ0n) is 24.9. The van der Waals surface area contributed by atoms with E-state index in [1.54, 1.807) is 12.1 Å². The largest absolute Gasteiger partial charge is 0.288 e. The van der Waals surface area contributed by atoms with E-state index in [2.05, 4.69) is 10.5 Å². The van der Waals surface area contributed by atoms with E-state index in [-0.39, 0.29) is 33.0 Å². The highest BCUT2D eigenvalue weighted by molar-refractivity contribution is 6.32. The Bertz CT molecular complexity index is 2080. The molecule has 0 spiro atoms. The van der Waals surface area contributed by atoms with E-state index in [4.69, 9.17) is 11.6 Å². The number of nitrogens with zero attached hydrogens (tertiary/aromatic N) is 4. The van der Waals surface area contributed by atoms with Crippen molar-refractivity contribution in [2.45, 2.75) is 0 Å². The van der Waals surface area contributed by atoms with Crippen molar-refractivity contribution >= 4 is 64.9 Å². The molecular weight excluding hydrogens is 664 g/mol. The molecule has 0 saturated carbocycles. The number of rotatable bonds is 9. The van der Waals surface area contributed by atoms with Crippen molar-refractivity contribution < 1.29 is 42.3 Å². The van der Waals surface area contributed by atoms with Crippen LogP contribution in [0.3, 0.4) is 0 Å². The molecule has 6 rings (SSSR count). The van der Waals surface area contributed by atoms with Crippen molar-refractivity contribution in [3.8, 4) is 0 Å². The molecular formula is C34H20ClF2N5O7. The quantitative estimate of drug-likeness (QED) is 0.0925. The van der Waals surface area contributed by atoms with Gasteiger partial charge in [-0.3, -0.25) is 48.3 Å². The highest BCUT2D eigenvalue weighted by Gasteiger charge is 2.38. The summed E-state index contributed by atoms with van der Waals surface area (Å²) in [5, 5.41) is 3.69. The predicted molar refractivity (Wildman–Crippen MR) is 169 cm³/mol. The molecule has 4 aromatic rings. The van der Waals surface area contributed by atoms with Crippen LogP contribution in [0.4, 0.5) is 14.5 Å². The molecule has 2 aliphatic rings. The lowest BCUT2D eigenvalue weighted by atomic mass is 10.00. The number of hydrazone groups is 1. The predicted octanol–water partition coefficient (Wildman–Crippen LogP) is 3.83. The highest BCUT2D eigenvalue weighted by Crippen LogP contribution is 2.30. The lowest BCUT2D eigenvalue weighted by molar-refractivity contribution is -0.121. The number of halogens is 3. The molecule has 0 bridgehead atoms. The molecule has 244 valence electrons. The highest BCUT2D eigenvalue weighted by atomic mass is 35.5. The second kappa shape index (κ2) is 13.0. The second-order valence-electron chi connectivity index (χ2n) is 10.6. The number of amides is 6. The molecule has 0 saturated heterocycles. The van der Waals surface area contributed by atoms with E-state index in [0.29, 0.717) is 14.7 Å². The summed E-state index contributed by atoms with van der Waals surface area (Å²) in [6.07, 6.45) is 0.721. The minimum atomic E-state index is -1.21. The molecule has 0 unspecified atom stereocenters. The van der Waals surface area contributed by atoms with Gasteiger partial charge in [-0.25, -0.2) is 14.2 Å². The molecule has 0 aliphatic carbocycles. The summed E-state index contributed by atoms with van der Waals surface area (Å²) in [7, 11) is 0. The summed E-state index contributed by atoms with van der Waals surface area (Å²) in [5.41, 5.74) is 0.644. The van der Waals surface area contributed by atoms with Gasteiger partial charge < -0.3 is 0 Å². The van der Waals surface area contributed by atoms with Crippen LogP contribution in [0.25, 0.3) is 0 Å². The summed E-state index contributed by atoms with van der Waals surface area (Å²) < 4.78 is 29.4. The Morgan fingerprint density at radius 1 is 0.714 bits per heavy atom. The van der Waals surface area contributed by atoms with E-state index < -0.39 is 77.1 Å². The normalized spacial score (nSPS) is 13.6. The number of benzene rings is 4. The fourth-order valence-electron chi connectivity index (χ4n) is 5.33. The van der Waals surface area contributed by atoms with Gasteiger partial charge in [-0.05, 0) is 54.6 Å². The SMILES string of the molecule is O=C(CN1C(=O)c2ccccc2C1=O)NN=CN(C(=O)CN1C(=O)c2ccccc2C1=O)c1ccc(Cl)cc1C(=O)c1c(F)cccc1F. The molecule has 1 N–H and O–H groups in total. The van der Waals surface area contributed by atoms with Gasteiger partial charge in [0.15, 0.2) is 0 Å². The molecule has 49 heavy (non-hydrogen) atoms. The standard InChI is InChI=1S/C34H20ClF2N5O7/c35-18-12-13-26(23(14-18)30(45)29-24(36)10-5-11-25(29)37)42(28(44)16-41-33(48)21-8-3-4-9-22(21)34(41)49)17-38-39-27(43)15-40-31(46)19-6-1-2-7-20(19)32(40)47/h1-14,17H,15-16H2,(H,39,43). The Balaban J connectivity index is 1.31. The van der Waals surface area contributed by atoms with Crippen molar-refractivity contribution in [2.75, 3.05) is 18.0 Å². The zero-order chi connectivity index (χ0) is 35.0. The van der Waals surface area contributed by atoms with Gasteiger partial charge in [0.05, 0.1) is 33.5 Å². The fourth-order valence-corrected chi connectivity index (χ4v) is 5.50. The van der Waals surface area contributed by atoms with Crippen molar-refractivity contribution in [1.82, 2.24) is 15.2 Å². The summed E-state index contributed by atoms with van der Waals surface area (Å²) in [5.74, 6) is -8.58. The van der Waals surface area contributed by atoms with Crippen LogP contribution in [-0.4, -0.2) is 70.5 Å². The number of carbonyl (C=O) groups is 7. The monoisotopic (exact) mass is 683 g/mol. The minimum absolute atomic E-state index is 0.0530. The van der Waals surface area contributed by atoms with Crippen molar-refractivity contribution in [3.63, 3.8) is 0 Å². The first-order valence-corrected chi connectivity index (χ1v) is 14.7. The Labute approximate surface area is 280 Å². The van der Waals surface area contributed by atoms with Gasteiger partial charge in [0.1, 0.15) is 31.1 Å². The second-order valence-corrected chi connectivity index (χ2v) is 11.1. The van der Waals surface area contributed by atoms with Crippen LogP contribution in [-0.2, 0) is 9.59 Å². The first-order valence-electron chi connectivity index (χ1n) is 14.3. The molecule has 2 aliphatic heterocycles. The van der Waals surface area contributed by atoms with Crippen LogP contribution in [0, 0.1) is 11.6 Å². The zero-order valence-corrected chi connectivity index (χ0v) is 25.6. The maximum atomic E-state index is 14.7. The van der Waals surface area contributed by atoms with Gasteiger partial charge in [0, 0.05) is 10.6 Å². The van der Waals surface area contributed by atoms with Crippen LogP contribution in [0.15, 0.2) is 90.0 Å². The third kappa shape index (κ3) is 5.96. The molecule has 4 aromatic carbocycles. The van der Waals surface area contributed by atoms with Crippen LogP contribution < -0.4 is 10.3 Å². The van der Waals surface area contributed by atoms with Gasteiger partial charge in [0.25, 0.3) is 35.4 Å². The number of hydrogen-bond donors (Lipinski definition) is 1. The third-order valence-electron chi connectivity index (χ3n) is 7.64. The fraction of sp³-hybridized carbons (Fsp3) is 0.0588. The molecule has 2 heterocycles. The van der Waals surface area contributed by atoms with Crippen molar-refractivity contribution in [3.05, 3.63) is 135 Å². The summed E-state index contributed by atoms with van der Waals surface area (Å²) in [4.78, 5) is 93.5. The number of carbonyl (C=O) groups excluding carboxylic acids is 7. The number of nitrogens with one attached hydrogen (secondary N) is 1. The number of anilines is 1. The van der Waals surface area contributed by atoms with Gasteiger partial charge in [-0.1, -0.05) is 41.9 Å². The molecule has 0 radical (unpaired) electrons. The summed E-state index contributed by atoms with van der Waals surface area (Å²) in [6.45, 7) is -1.63. The van der Waals surface area contributed by atoms with E-state index >= 15 is 0 Å². The van der Waals surface area contributed by atoms with Gasteiger partial charge in [-0.15, -0.1) is 0 Å². The van der Waals surface area contributed by atoms with E-state index in [9.17, 15) is 42.3 Å². The smallest absolute Gasteiger partial charge is 0.262 e. The average Bonchev–Trinajstić information content (AvgIpc) is 3.47. The lowest BCUT2D eigenvalue weighted by Gasteiger charge is -2.23. The number of ketones is 1. The molecule has 0 atom stereocenters. The van der Waals surface area contributed by atoms with Gasteiger partial charge in [0.2, 0.25) is 5.78 Å². The molecule has 15 heteroatoms. The van der Waals surface area contributed by atoms with Crippen LogP contribution in [0.1, 0.15) is 57.4 Å². The number of imide groups is 2. The van der Waals surface area contributed by atoms with Crippen molar-refractivity contribution in [2.24, 2.45) is 5.10 Å². The molecule has 0 fully saturated rings. The Morgan fingerprint density at radius 3 is 1.71 bits per heavy atom. The topological polar surface area (TPSA) is 154 Å². The maximum Gasteiger partial charge on any atom is 0.262 e. The van der Waals surface area contributed by atoms with Crippen LogP contribution in [0.5, 0.6) is 0 Å². The average molecular weight is 684 g/mol. The number of fused-ring (bicyclic) bond motifs is 2. The first-order chi connectivity index (χ1) is 23.5. The van der Waals surface area contributed by atoms with E-state index in [0.717, 1.165) is 36.7 Å². The molecule has 0 aromatic heterocycles. The Hall–Kier alpha value is -6.41. The van der Waals surface area contributed by atoms with Crippen LogP contribution in [0.2, 0.25) is 5.02 Å². The molecule has 12 nitrogen and oxygen atoms in total. The summed E-state index contributed by atoms with van der Waals surface area (Å²) >= 11 is 6.13. The van der Waals surface area contributed by atoms with Crippen molar-refractivity contribution in [1.29, 1.82) is 0 Å². The maximum absolute atomic E-state index is 14.7. The lowest BCUT2D eigenvalue weighted by Crippen LogP contribution is -2.43. The summed E-state index contributed by atoms with van der Waals surface area (Å²) in [6, 6.07) is 18.1. The minimum Gasteiger partial charge on any atom is -0.288 e. The number of hydrogen-bond acceptors (Lipinski definition) is 8. The van der Waals surface area contributed by atoms with Crippen LogP contribution >= 0.6 is 11.6 Å². The first kappa shape index (κ1) is 32.5. The molecule has 6 amide bonds. The Morgan fingerprint density at radius 2 is 1.20 bits per heavy atom. The Kier molecular flexibility index (Phi) is 8.63. The van der Waals surface area contributed by atoms with Gasteiger partial charge in [-0.2, -0.15) is 5.10 Å².